The van der Waals surface area contributed by atoms with Gasteiger partial charge in [0.1, 0.15) is 5.00 Å². The van der Waals surface area contributed by atoms with Gasteiger partial charge in [-0.3, -0.25) is 4.98 Å². The van der Waals surface area contributed by atoms with Gasteiger partial charge in [0.15, 0.2) is 5.11 Å². The first-order chi connectivity index (χ1) is 10.5. The molecule has 7 heteroatoms. The van der Waals surface area contributed by atoms with Crippen molar-refractivity contribution in [2.45, 2.75) is 19.9 Å². The lowest BCUT2D eigenvalue weighted by Crippen LogP contribution is -2.31. The summed E-state index contributed by atoms with van der Waals surface area (Å²) >= 11 is 6.78. The average molecular weight is 335 g/mol. The minimum atomic E-state index is -0.378. The first-order valence-electron chi connectivity index (χ1n) is 6.67. The highest BCUT2D eigenvalue weighted by molar-refractivity contribution is 7.80. The predicted octanol–water partition coefficient (Wildman–Crippen LogP) is 3.29. The van der Waals surface area contributed by atoms with E-state index in [1.807, 2.05) is 26.0 Å². The molecule has 1 unspecified atom stereocenters. The van der Waals surface area contributed by atoms with Crippen LogP contribution in [0, 0.1) is 6.92 Å². The summed E-state index contributed by atoms with van der Waals surface area (Å²) in [5, 5.41) is 7.39. The minimum absolute atomic E-state index is 0.0330. The molecule has 0 saturated heterocycles. The maximum Gasteiger partial charge on any atom is 0.340 e. The molecule has 0 aromatic carbocycles. The summed E-state index contributed by atoms with van der Waals surface area (Å²) in [5.41, 5.74) is 1.57. The molecule has 0 saturated carbocycles. The van der Waals surface area contributed by atoms with Gasteiger partial charge in [-0.25, -0.2) is 4.79 Å². The fourth-order valence-corrected chi connectivity index (χ4v) is 3.19. The van der Waals surface area contributed by atoms with Gasteiger partial charge in [-0.05, 0) is 49.8 Å². The normalized spacial score (nSPS) is 11.6. The van der Waals surface area contributed by atoms with Gasteiger partial charge in [0.25, 0.3) is 0 Å². The van der Waals surface area contributed by atoms with E-state index in [1.54, 1.807) is 18.5 Å². The van der Waals surface area contributed by atoms with Crippen molar-refractivity contribution in [2.24, 2.45) is 0 Å². The largest absolute Gasteiger partial charge is 0.465 e. The number of thiocarbonyl (C=S) groups is 1. The maximum atomic E-state index is 11.7. The van der Waals surface area contributed by atoms with Gasteiger partial charge >= 0.3 is 5.97 Å². The highest BCUT2D eigenvalue weighted by atomic mass is 32.1. The highest BCUT2D eigenvalue weighted by Crippen LogP contribution is 2.28. The zero-order valence-electron chi connectivity index (χ0n) is 12.5. The molecule has 2 heterocycles. The van der Waals surface area contributed by atoms with Crippen molar-refractivity contribution in [3.63, 3.8) is 0 Å². The summed E-state index contributed by atoms with van der Waals surface area (Å²) in [6, 6.07) is 5.67. The van der Waals surface area contributed by atoms with E-state index in [9.17, 15) is 4.79 Å². The number of ether oxygens (including phenoxy) is 1. The van der Waals surface area contributed by atoms with Crippen molar-refractivity contribution in [1.82, 2.24) is 10.3 Å². The lowest BCUT2D eigenvalue weighted by molar-refractivity contribution is 0.0602. The minimum Gasteiger partial charge on any atom is -0.465 e. The van der Waals surface area contributed by atoms with Gasteiger partial charge in [-0.15, -0.1) is 11.3 Å². The van der Waals surface area contributed by atoms with E-state index in [0.717, 1.165) is 10.4 Å². The Labute approximate surface area is 138 Å². The standard InChI is InChI=1S/C15H17N3O2S2/c1-9-8-12(14(19)20-3)13(22-9)18-15(21)17-10(2)11-4-6-16-7-5-11/h4-8,10H,1-3H3,(H2,17,18,21). The number of thiophene rings is 1. The third-order valence-electron chi connectivity index (χ3n) is 3.04. The Morgan fingerprint density at radius 3 is 2.73 bits per heavy atom. The second-order valence-electron chi connectivity index (χ2n) is 4.69. The molecular formula is C15H17N3O2S2. The molecule has 22 heavy (non-hydrogen) atoms. The summed E-state index contributed by atoms with van der Waals surface area (Å²) in [5.74, 6) is -0.378. The topological polar surface area (TPSA) is 63.2 Å². The first-order valence-corrected chi connectivity index (χ1v) is 7.90. The average Bonchev–Trinajstić information content (AvgIpc) is 2.87. The molecule has 2 aromatic rings. The van der Waals surface area contributed by atoms with Gasteiger partial charge in [0, 0.05) is 17.3 Å². The smallest absolute Gasteiger partial charge is 0.340 e. The van der Waals surface area contributed by atoms with E-state index >= 15 is 0 Å². The van der Waals surface area contributed by atoms with Gasteiger partial charge in [0.05, 0.1) is 18.7 Å². The Morgan fingerprint density at radius 2 is 2.09 bits per heavy atom. The van der Waals surface area contributed by atoms with Gasteiger partial charge < -0.3 is 15.4 Å². The number of carbonyl (C=O) groups excluding carboxylic acids is 1. The molecule has 116 valence electrons. The van der Waals surface area contributed by atoms with Crippen LogP contribution in [-0.2, 0) is 4.74 Å². The van der Waals surface area contributed by atoms with E-state index in [-0.39, 0.29) is 12.0 Å². The Hall–Kier alpha value is -1.99. The second-order valence-corrected chi connectivity index (χ2v) is 6.36. The molecule has 5 nitrogen and oxygen atoms in total. The number of carbonyl (C=O) groups is 1. The number of nitrogens with one attached hydrogen (secondary N) is 2. The van der Waals surface area contributed by atoms with Crippen LogP contribution >= 0.6 is 23.6 Å². The maximum absolute atomic E-state index is 11.7. The predicted molar refractivity (Wildman–Crippen MR) is 92.4 cm³/mol. The summed E-state index contributed by atoms with van der Waals surface area (Å²) in [4.78, 5) is 16.7. The van der Waals surface area contributed by atoms with E-state index in [1.165, 1.54) is 18.4 Å². The van der Waals surface area contributed by atoms with Gasteiger partial charge in [-0.2, -0.15) is 0 Å². The summed E-state index contributed by atoms with van der Waals surface area (Å²) in [6.07, 6.45) is 3.48. The molecule has 0 amide bonds. The Morgan fingerprint density at radius 1 is 1.41 bits per heavy atom. The third-order valence-corrected chi connectivity index (χ3v) is 4.23. The Bertz CT molecular complexity index is 671. The molecule has 2 aromatic heterocycles. The molecule has 0 bridgehead atoms. The van der Waals surface area contributed by atoms with E-state index in [4.69, 9.17) is 17.0 Å². The number of anilines is 1. The SMILES string of the molecule is COC(=O)c1cc(C)sc1NC(=S)NC(C)c1ccncc1. The van der Waals surface area contributed by atoms with Crippen molar-refractivity contribution in [3.05, 3.63) is 46.6 Å². The monoisotopic (exact) mass is 335 g/mol. The van der Waals surface area contributed by atoms with Crippen LogP contribution < -0.4 is 10.6 Å². The molecule has 1 atom stereocenters. The number of pyridine rings is 1. The van der Waals surface area contributed by atoms with Crippen LogP contribution in [0.2, 0.25) is 0 Å². The van der Waals surface area contributed by atoms with E-state index in [0.29, 0.717) is 15.7 Å². The van der Waals surface area contributed by atoms with Crippen molar-refractivity contribution in [3.8, 4) is 0 Å². The van der Waals surface area contributed by atoms with Crippen molar-refractivity contribution >= 4 is 39.6 Å². The quantitative estimate of drug-likeness (QED) is 0.660. The summed E-state index contributed by atoms with van der Waals surface area (Å²) in [6.45, 7) is 3.93. The molecule has 0 aliphatic carbocycles. The fourth-order valence-electron chi connectivity index (χ4n) is 1.94. The van der Waals surface area contributed by atoms with Crippen LogP contribution in [0.15, 0.2) is 30.6 Å². The molecule has 0 radical (unpaired) electrons. The van der Waals surface area contributed by atoms with Crippen molar-refractivity contribution < 1.29 is 9.53 Å². The zero-order valence-corrected chi connectivity index (χ0v) is 14.2. The number of nitrogens with zero attached hydrogens (tertiary/aromatic N) is 1. The highest BCUT2D eigenvalue weighted by Gasteiger charge is 2.17. The van der Waals surface area contributed by atoms with Gasteiger partial charge in [0.2, 0.25) is 0 Å². The molecule has 0 fully saturated rings. The number of aromatic nitrogens is 1. The Balaban J connectivity index is 2.05. The van der Waals surface area contributed by atoms with Crippen LogP contribution in [0.3, 0.4) is 0 Å². The molecule has 0 aliphatic rings. The van der Waals surface area contributed by atoms with Crippen LogP contribution in [0.1, 0.15) is 33.8 Å². The van der Waals surface area contributed by atoms with Crippen LogP contribution in [0.4, 0.5) is 5.00 Å². The number of rotatable bonds is 4. The Kier molecular flexibility index (Phi) is 5.46. The fraction of sp³-hybridized carbons (Fsp3) is 0.267. The molecule has 2 N–H and O–H groups in total. The zero-order chi connectivity index (χ0) is 16.1. The first kappa shape index (κ1) is 16.4. The van der Waals surface area contributed by atoms with Crippen LogP contribution in [0.5, 0.6) is 0 Å². The number of aryl methyl sites for hydroxylation is 1. The number of hydrogen-bond donors (Lipinski definition) is 2. The molecule has 2 rings (SSSR count). The van der Waals surface area contributed by atoms with Gasteiger partial charge in [-0.1, -0.05) is 0 Å². The number of methoxy groups -OCH3 is 1. The molecule has 0 spiro atoms. The molecular weight excluding hydrogens is 318 g/mol. The third kappa shape index (κ3) is 4.02. The van der Waals surface area contributed by atoms with E-state index < -0.39 is 0 Å². The lowest BCUT2D eigenvalue weighted by atomic mass is 10.1. The second kappa shape index (κ2) is 7.33. The number of esters is 1. The number of hydrogen-bond acceptors (Lipinski definition) is 5. The van der Waals surface area contributed by atoms with Crippen molar-refractivity contribution in [2.75, 3.05) is 12.4 Å². The summed E-state index contributed by atoms with van der Waals surface area (Å²) in [7, 11) is 1.36. The van der Waals surface area contributed by atoms with E-state index in [2.05, 4.69) is 15.6 Å². The molecule has 0 aliphatic heterocycles. The lowest BCUT2D eigenvalue weighted by Gasteiger charge is -2.17. The summed E-state index contributed by atoms with van der Waals surface area (Å²) < 4.78 is 4.78. The van der Waals surface area contributed by atoms with Crippen LogP contribution in [0.25, 0.3) is 0 Å². The van der Waals surface area contributed by atoms with Crippen LogP contribution in [-0.4, -0.2) is 23.2 Å². The van der Waals surface area contributed by atoms with Crippen molar-refractivity contribution in [1.29, 1.82) is 0 Å².